The predicted molar refractivity (Wildman–Crippen MR) is 56.0 cm³/mol. The van der Waals surface area contributed by atoms with Crippen molar-refractivity contribution in [3.8, 4) is 0 Å². The third-order valence-corrected chi connectivity index (χ3v) is 2.00. The van der Waals surface area contributed by atoms with E-state index in [1.807, 2.05) is 0 Å². The molecular weight excluding hydrogens is 233 g/mol. The van der Waals surface area contributed by atoms with Crippen LogP contribution in [0.3, 0.4) is 0 Å². The van der Waals surface area contributed by atoms with Crippen molar-refractivity contribution in [3.63, 3.8) is 0 Å². The fourth-order valence-corrected chi connectivity index (χ4v) is 1.20. The normalized spacial score (nSPS) is 10.1. The molecular formula is C12H11F3O2. The van der Waals surface area contributed by atoms with Crippen molar-refractivity contribution in [2.75, 3.05) is 6.61 Å². The van der Waals surface area contributed by atoms with Crippen LogP contribution >= 0.6 is 0 Å². The lowest BCUT2D eigenvalue weighted by Crippen LogP contribution is -2.11. The number of carbonyl (C=O) groups is 1. The molecule has 0 N–H and O–H groups in total. The van der Waals surface area contributed by atoms with Crippen LogP contribution in [0.2, 0.25) is 0 Å². The molecule has 0 aliphatic heterocycles. The number of ether oxygens (including phenoxy) is 1. The monoisotopic (exact) mass is 244 g/mol. The SMILES string of the molecule is C=CCCCOC(=O)c1c(F)cc(F)cc1F. The molecule has 1 aromatic carbocycles. The molecule has 0 fully saturated rings. The first kappa shape index (κ1) is 13.3. The molecule has 0 spiro atoms. The number of hydrogen-bond donors (Lipinski definition) is 0. The van der Waals surface area contributed by atoms with Crippen LogP contribution in [0.1, 0.15) is 23.2 Å². The lowest BCUT2D eigenvalue weighted by Gasteiger charge is -2.06. The fourth-order valence-electron chi connectivity index (χ4n) is 1.20. The number of benzene rings is 1. The molecule has 5 heteroatoms. The highest BCUT2D eigenvalue weighted by Gasteiger charge is 2.20. The van der Waals surface area contributed by atoms with Crippen molar-refractivity contribution >= 4 is 5.97 Å². The van der Waals surface area contributed by atoms with Gasteiger partial charge in [0.1, 0.15) is 23.0 Å². The summed E-state index contributed by atoms with van der Waals surface area (Å²) in [5.74, 6) is -4.75. The van der Waals surface area contributed by atoms with Gasteiger partial charge in [0.25, 0.3) is 0 Å². The van der Waals surface area contributed by atoms with Crippen LogP contribution in [0.4, 0.5) is 13.2 Å². The van der Waals surface area contributed by atoms with E-state index in [0.29, 0.717) is 25.0 Å². The molecule has 0 aliphatic rings. The highest BCUT2D eigenvalue weighted by Crippen LogP contribution is 2.15. The number of hydrogen-bond acceptors (Lipinski definition) is 2. The van der Waals surface area contributed by atoms with E-state index in [1.165, 1.54) is 0 Å². The molecule has 2 nitrogen and oxygen atoms in total. The maximum Gasteiger partial charge on any atom is 0.344 e. The van der Waals surface area contributed by atoms with E-state index in [4.69, 9.17) is 0 Å². The zero-order valence-corrected chi connectivity index (χ0v) is 9.01. The highest BCUT2D eigenvalue weighted by atomic mass is 19.1. The lowest BCUT2D eigenvalue weighted by molar-refractivity contribution is 0.0490. The Balaban J connectivity index is 2.72. The molecule has 1 aromatic rings. The summed E-state index contributed by atoms with van der Waals surface area (Å²) in [6.07, 6.45) is 2.77. The van der Waals surface area contributed by atoms with Gasteiger partial charge in [-0.3, -0.25) is 0 Å². The van der Waals surface area contributed by atoms with Crippen LogP contribution in [0, 0.1) is 17.5 Å². The van der Waals surface area contributed by atoms with Crippen molar-refractivity contribution in [2.45, 2.75) is 12.8 Å². The summed E-state index contributed by atoms with van der Waals surface area (Å²) >= 11 is 0. The Morgan fingerprint density at radius 2 is 1.88 bits per heavy atom. The first-order valence-corrected chi connectivity index (χ1v) is 4.99. The first-order chi connectivity index (χ1) is 8.06. The van der Waals surface area contributed by atoms with Crippen LogP contribution in [-0.2, 0) is 4.74 Å². The van der Waals surface area contributed by atoms with Gasteiger partial charge in [0.05, 0.1) is 6.61 Å². The molecule has 0 heterocycles. The highest BCUT2D eigenvalue weighted by molar-refractivity contribution is 5.90. The van der Waals surface area contributed by atoms with E-state index in [0.717, 1.165) is 0 Å². The maximum absolute atomic E-state index is 13.1. The molecule has 0 atom stereocenters. The van der Waals surface area contributed by atoms with Crippen LogP contribution in [-0.4, -0.2) is 12.6 Å². The minimum Gasteiger partial charge on any atom is -0.462 e. The van der Waals surface area contributed by atoms with Crippen molar-refractivity contribution in [2.24, 2.45) is 0 Å². The molecule has 0 bridgehead atoms. The minimum atomic E-state index is -1.27. The van der Waals surface area contributed by atoms with E-state index >= 15 is 0 Å². The van der Waals surface area contributed by atoms with Gasteiger partial charge in [-0.05, 0) is 12.8 Å². The topological polar surface area (TPSA) is 26.3 Å². The van der Waals surface area contributed by atoms with Gasteiger partial charge in [-0.2, -0.15) is 0 Å². The van der Waals surface area contributed by atoms with Crippen LogP contribution in [0.15, 0.2) is 24.8 Å². The van der Waals surface area contributed by atoms with E-state index in [1.54, 1.807) is 6.08 Å². The quantitative estimate of drug-likeness (QED) is 0.451. The summed E-state index contributed by atoms with van der Waals surface area (Å²) < 4.78 is 43.5. The number of halogens is 3. The summed E-state index contributed by atoms with van der Waals surface area (Å²) in [4.78, 5) is 11.3. The number of esters is 1. The van der Waals surface area contributed by atoms with Crippen LogP contribution in [0.5, 0.6) is 0 Å². The van der Waals surface area contributed by atoms with Gasteiger partial charge < -0.3 is 4.74 Å². The maximum atomic E-state index is 13.1. The van der Waals surface area contributed by atoms with Crippen molar-refractivity contribution in [3.05, 3.63) is 47.8 Å². The van der Waals surface area contributed by atoms with Crippen LogP contribution < -0.4 is 0 Å². The lowest BCUT2D eigenvalue weighted by atomic mass is 10.2. The molecule has 17 heavy (non-hydrogen) atoms. The van der Waals surface area contributed by atoms with E-state index in [9.17, 15) is 18.0 Å². The second kappa shape index (κ2) is 6.08. The predicted octanol–water partition coefficient (Wildman–Crippen LogP) is 3.23. The molecule has 92 valence electrons. The Bertz CT molecular complexity index is 407. The molecule has 0 aromatic heterocycles. The van der Waals surface area contributed by atoms with E-state index in [-0.39, 0.29) is 6.61 Å². The minimum absolute atomic E-state index is 0.0289. The summed E-state index contributed by atoms with van der Waals surface area (Å²) in [7, 11) is 0. The molecule has 0 unspecified atom stereocenters. The van der Waals surface area contributed by atoms with Crippen molar-refractivity contribution in [1.29, 1.82) is 0 Å². The second-order valence-corrected chi connectivity index (χ2v) is 3.31. The zero-order chi connectivity index (χ0) is 12.8. The van der Waals surface area contributed by atoms with Gasteiger partial charge in [0.15, 0.2) is 0 Å². The number of carbonyl (C=O) groups excluding carboxylic acids is 1. The second-order valence-electron chi connectivity index (χ2n) is 3.31. The van der Waals surface area contributed by atoms with Gasteiger partial charge in [0.2, 0.25) is 0 Å². The Morgan fingerprint density at radius 1 is 1.29 bits per heavy atom. The average molecular weight is 244 g/mol. The van der Waals surface area contributed by atoms with E-state index in [2.05, 4.69) is 11.3 Å². The zero-order valence-electron chi connectivity index (χ0n) is 9.01. The summed E-state index contributed by atoms with van der Waals surface area (Å²) in [6.45, 7) is 3.50. The number of unbranched alkanes of at least 4 members (excludes halogenated alkanes) is 1. The molecule has 0 radical (unpaired) electrons. The summed E-state index contributed by atoms with van der Waals surface area (Å²) in [5, 5.41) is 0. The number of allylic oxidation sites excluding steroid dienone is 1. The first-order valence-electron chi connectivity index (χ1n) is 4.99. The summed E-state index contributed by atoms with van der Waals surface area (Å²) in [5.41, 5.74) is -0.870. The summed E-state index contributed by atoms with van der Waals surface area (Å²) in [6, 6.07) is 0.868. The molecule has 0 saturated heterocycles. The Labute approximate surface area is 96.7 Å². The standard InChI is InChI=1S/C12H11F3O2/c1-2-3-4-5-17-12(16)11-9(14)6-8(13)7-10(11)15/h2,6-7H,1,3-5H2. The van der Waals surface area contributed by atoms with Crippen LogP contribution in [0.25, 0.3) is 0 Å². The Hall–Kier alpha value is -1.78. The largest absolute Gasteiger partial charge is 0.462 e. The van der Waals surface area contributed by atoms with Gasteiger partial charge in [0, 0.05) is 12.1 Å². The van der Waals surface area contributed by atoms with Crippen molar-refractivity contribution < 1.29 is 22.7 Å². The Morgan fingerprint density at radius 3 is 2.41 bits per heavy atom. The molecule has 0 aliphatic carbocycles. The fraction of sp³-hybridized carbons (Fsp3) is 0.250. The van der Waals surface area contributed by atoms with Gasteiger partial charge in [-0.1, -0.05) is 6.08 Å². The van der Waals surface area contributed by atoms with Crippen molar-refractivity contribution in [1.82, 2.24) is 0 Å². The van der Waals surface area contributed by atoms with Gasteiger partial charge >= 0.3 is 5.97 Å². The molecule has 0 saturated carbocycles. The number of rotatable bonds is 5. The third kappa shape index (κ3) is 3.62. The smallest absolute Gasteiger partial charge is 0.344 e. The van der Waals surface area contributed by atoms with Gasteiger partial charge in [-0.15, -0.1) is 6.58 Å². The molecule has 1 rings (SSSR count). The Kier molecular flexibility index (Phi) is 4.75. The van der Waals surface area contributed by atoms with Gasteiger partial charge in [-0.25, -0.2) is 18.0 Å². The average Bonchev–Trinajstić information content (AvgIpc) is 2.23. The third-order valence-electron chi connectivity index (χ3n) is 2.00. The van der Waals surface area contributed by atoms with E-state index < -0.39 is 29.0 Å². The molecule has 0 amide bonds.